The zero-order valence-electron chi connectivity index (χ0n) is 29.6. The Morgan fingerprint density at radius 2 is 0.852 bits per heavy atom. The van der Waals surface area contributed by atoms with Crippen molar-refractivity contribution >= 4 is 49.8 Å². The maximum atomic E-state index is 6.39. The van der Waals surface area contributed by atoms with Gasteiger partial charge in [0.1, 0.15) is 11.2 Å². The average molecular weight is 690 g/mol. The second kappa shape index (κ2) is 13.4. The number of hydrogen-bond acceptors (Lipinski definition) is 2. The van der Waals surface area contributed by atoms with E-state index in [0.717, 1.165) is 44.6 Å². The predicted octanol–water partition coefficient (Wildman–Crippen LogP) is 14.9. The maximum absolute atomic E-state index is 6.39. The Balaban J connectivity index is 1.07. The molecule has 1 aromatic heterocycles. The van der Waals surface area contributed by atoms with Gasteiger partial charge in [-0.05, 0) is 110 Å². The molecule has 1 heterocycles. The van der Waals surface area contributed by atoms with Crippen molar-refractivity contribution in [3.8, 4) is 44.5 Å². The number of para-hydroxylation sites is 1. The van der Waals surface area contributed by atoms with Crippen LogP contribution in [0.25, 0.3) is 77.2 Å². The molecule has 0 aliphatic rings. The molecular weight excluding hydrogens is 655 g/mol. The van der Waals surface area contributed by atoms with E-state index in [-0.39, 0.29) is 0 Å². The third kappa shape index (κ3) is 5.81. The third-order valence-corrected chi connectivity index (χ3v) is 10.5. The Kier molecular flexibility index (Phi) is 7.85. The summed E-state index contributed by atoms with van der Waals surface area (Å²) in [6.07, 6.45) is 0. The molecule has 54 heavy (non-hydrogen) atoms. The Morgan fingerprint density at radius 1 is 0.278 bits per heavy atom. The normalized spacial score (nSPS) is 11.3. The molecule has 0 N–H and O–H groups in total. The summed E-state index contributed by atoms with van der Waals surface area (Å²) in [5, 5.41) is 4.74. The Hall–Kier alpha value is -7.16. The van der Waals surface area contributed by atoms with Crippen molar-refractivity contribution in [3.63, 3.8) is 0 Å². The lowest BCUT2D eigenvalue weighted by Gasteiger charge is -2.26. The molecule has 2 nitrogen and oxygen atoms in total. The highest BCUT2D eigenvalue weighted by Crippen LogP contribution is 2.41. The van der Waals surface area contributed by atoms with Crippen LogP contribution in [0.5, 0.6) is 0 Å². The number of fused-ring (bicyclic) bond motifs is 4. The molecule has 9 aromatic carbocycles. The van der Waals surface area contributed by atoms with Crippen LogP contribution in [-0.4, -0.2) is 0 Å². The Morgan fingerprint density at radius 3 is 1.70 bits per heavy atom. The lowest BCUT2D eigenvalue weighted by atomic mass is 9.94. The summed E-state index contributed by atoms with van der Waals surface area (Å²) in [6.45, 7) is 0. The van der Waals surface area contributed by atoms with Gasteiger partial charge in [0, 0.05) is 33.9 Å². The van der Waals surface area contributed by atoms with E-state index in [0.29, 0.717) is 0 Å². The number of benzene rings is 9. The molecular formula is C52H35NO. The van der Waals surface area contributed by atoms with Crippen molar-refractivity contribution in [3.05, 3.63) is 212 Å². The van der Waals surface area contributed by atoms with Gasteiger partial charge in [-0.3, -0.25) is 0 Å². The predicted molar refractivity (Wildman–Crippen MR) is 228 cm³/mol. The maximum Gasteiger partial charge on any atom is 0.137 e. The fourth-order valence-corrected chi connectivity index (χ4v) is 7.77. The number of furan rings is 1. The van der Waals surface area contributed by atoms with E-state index in [2.05, 4.69) is 205 Å². The van der Waals surface area contributed by atoms with Gasteiger partial charge in [-0.25, -0.2) is 0 Å². The first-order chi connectivity index (χ1) is 26.7. The van der Waals surface area contributed by atoms with E-state index in [1.54, 1.807) is 0 Å². The van der Waals surface area contributed by atoms with Gasteiger partial charge in [-0.15, -0.1) is 0 Å². The molecule has 0 unspecified atom stereocenters. The fraction of sp³-hybridized carbons (Fsp3) is 0. The Bertz CT molecular complexity index is 2940. The minimum Gasteiger partial charge on any atom is -0.456 e. The number of nitrogens with zero attached hydrogens (tertiary/aromatic N) is 1. The second-order valence-corrected chi connectivity index (χ2v) is 13.8. The average Bonchev–Trinajstić information content (AvgIpc) is 3.62. The minimum atomic E-state index is 0.867. The van der Waals surface area contributed by atoms with Crippen LogP contribution in [0, 0.1) is 0 Å². The van der Waals surface area contributed by atoms with Crippen LogP contribution < -0.4 is 4.90 Å². The smallest absolute Gasteiger partial charge is 0.137 e. The lowest BCUT2D eigenvalue weighted by molar-refractivity contribution is 0.669. The summed E-state index contributed by atoms with van der Waals surface area (Å²) in [7, 11) is 0. The van der Waals surface area contributed by atoms with Crippen LogP contribution >= 0.6 is 0 Å². The van der Waals surface area contributed by atoms with Crippen molar-refractivity contribution in [2.24, 2.45) is 0 Å². The molecule has 0 fully saturated rings. The van der Waals surface area contributed by atoms with Crippen molar-refractivity contribution in [2.45, 2.75) is 0 Å². The summed E-state index contributed by atoms with van der Waals surface area (Å²) < 4.78 is 6.39. The standard InChI is InChI=1S/C52H35NO/c1-2-13-38(14-3-1)47-20-6-7-21-48(47)43-18-11-19-45(34-43)53(46-30-31-50-49-22-8-9-23-51(49)54-52(50)35-46)44-28-26-37(27-29-44)40-16-10-17-41(32-40)42-25-24-36-12-4-5-15-39(36)33-42/h1-35H. The lowest BCUT2D eigenvalue weighted by Crippen LogP contribution is -2.10. The molecule has 0 amide bonds. The highest BCUT2D eigenvalue weighted by molar-refractivity contribution is 6.06. The SMILES string of the molecule is c1ccc(-c2ccccc2-c2cccc(N(c3ccc(-c4cccc(-c5ccc6ccccc6c5)c4)cc3)c3ccc4c(c3)oc3ccccc34)c2)cc1. The van der Waals surface area contributed by atoms with Gasteiger partial charge in [0.25, 0.3) is 0 Å². The van der Waals surface area contributed by atoms with Gasteiger partial charge in [0.2, 0.25) is 0 Å². The molecule has 2 heteroatoms. The molecule has 0 aliphatic carbocycles. The van der Waals surface area contributed by atoms with Crippen LogP contribution in [0.1, 0.15) is 0 Å². The van der Waals surface area contributed by atoms with E-state index in [4.69, 9.17) is 4.42 Å². The summed E-state index contributed by atoms with van der Waals surface area (Å²) in [5.41, 5.74) is 14.4. The molecule has 10 rings (SSSR count). The van der Waals surface area contributed by atoms with Crippen molar-refractivity contribution in [1.29, 1.82) is 0 Å². The first-order valence-corrected chi connectivity index (χ1v) is 18.4. The fourth-order valence-electron chi connectivity index (χ4n) is 7.77. The Labute approximate surface area is 314 Å². The molecule has 0 bridgehead atoms. The highest BCUT2D eigenvalue weighted by atomic mass is 16.3. The molecule has 0 radical (unpaired) electrons. The number of rotatable bonds is 7. The van der Waals surface area contributed by atoms with Crippen LogP contribution in [0.3, 0.4) is 0 Å². The van der Waals surface area contributed by atoms with Crippen LogP contribution in [-0.2, 0) is 0 Å². The van der Waals surface area contributed by atoms with Gasteiger partial charge in [-0.2, -0.15) is 0 Å². The van der Waals surface area contributed by atoms with Crippen LogP contribution in [0.4, 0.5) is 17.1 Å². The topological polar surface area (TPSA) is 16.4 Å². The number of anilines is 3. The van der Waals surface area contributed by atoms with Crippen molar-refractivity contribution < 1.29 is 4.42 Å². The minimum absolute atomic E-state index is 0.867. The zero-order valence-corrected chi connectivity index (χ0v) is 29.6. The molecule has 0 aliphatic heterocycles. The summed E-state index contributed by atoms with van der Waals surface area (Å²) >= 11 is 0. The number of hydrogen-bond donors (Lipinski definition) is 0. The monoisotopic (exact) mass is 689 g/mol. The summed E-state index contributed by atoms with van der Waals surface area (Å²) in [5.74, 6) is 0. The van der Waals surface area contributed by atoms with Crippen LogP contribution in [0.2, 0.25) is 0 Å². The van der Waals surface area contributed by atoms with E-state index < -0.39 is 0 Å². The van der Waals surface area contributed by atoms with Gasteiger partial charge >= 0.3 is 0 Å². The van der Waals surface area contributed by atoms with Gasteiger partial charge in [0.15, 0.2) is 0 Å². The van der Waals surface area contributed by atoms with Gasteiger partial charge in [-0.1, -0.05) is 152 Å². The van der Waals surface area contributed by atoms with Gasteiger partial charge in [0.05, 0.1) is 0 Å². The summed E-state index contributed by atoms with van der Waals surface area (Å²) in [6, 6.07) is 75.9. The molecule has 0 spiro atoms. The molecule has 10 aromatic rings. The van der Waals surface area contributed by atoms with E-state index in [1.807, 2.05) is 12.1 Å². The van der Waals surface area contributed by atoms with Crippen molar-refractivity contribution in [2.75, 3.05) is 4.90 Å². The zero-order chi connectivity index (χ0) is 35.8. The first kappa shape index (κ1) is 31.6. The molecule has 254 valence electrons. The first-order valence-electron chi connectivity index (χ1n) is 18.4. The molecule has 0 saturated carbocycles. The van der Waals surface area contributed by atoms with Gasteiger partial charge < -0.3 is 9.32 Å². The van der Waals surface area contributed by atoms with Crippen molar-refractivity contribution in [1.82, 2.24) is 0 Å². The third-order valence-electron chi connectivity index (χ3n) is 10.5. The second-order valence-electron chi connectivity index (χ2n) is 13.8. The van der Waals surface area contributed by atoms with E-state index in [1.165, 1.54) is 49.7 Å². The quantitative estimate of drug-likeness (QED) is 0.166. The van der Waals surface area contributed by atoms with Crippen LogP contribution in [0.15, 0.2) is 217 Å². The summed E-state index contributed by atoms with van der Waals surface area (Å²) in [4.78, 5) is 2.33. The highest BCUT2D eigenvalue weighted by Gasteiger charge is 2.17. The largest absolute Gasteiger partial charge is 0.456 e. The van der Waals surface area contributed by atoms with E-state index in [9.17, 15) is 0 Å². The molecule has 0 atom stereocenters. The van der Waals surface area contributed by atoms with E-state index >= 15 is 0 Å². The molecule has 0 saturated heterocycles.